The van der Waals surface area contributed by atoms with Crippen LogP contribution in [0.2, 0.25) is 0 Å². The molecule has 8 rings (SSSR count). The predicted octanol–water partition coefficient (Wildman–Crippen LogP) is 5.54. The molecule has 0 bridgehead atoms. The topological polar surface area (TPSA) is 17.8 Å². The lowest BCUT2D eigenvalue weighted by molar-refractivity contribution is 1.18. The summed E-state index contributed by atoms with van der Waals surface area (Å²) in [5.41, 5.74) is 7.25. The van der Waals surface area contributed by atoms with Crippen molar-refractivity contribution in [2.45, 2.75) is 0 Å². The molecule has 0 saturated carbocycles. The maximum Gasteiger partial charge on any atom is 0.180 e. The summed E-state index contributed by atoms with van der Waals surface area (Å²) in [6, 6.07) is 51.2. The number of hydrogen-bond acceptors (Lipinski definition) is 1. The van der Waals surface area contributed by atoms with Crippen LogP contribution in [0.15, 0.2) is 146 Å². The first-order valence-corrected chi connectivity index (χ1v) is 15.1. The zero-order chi connectivity index (χ0) is 25.1. The van der Waals surface area contributed by atoms with Crippen LogP contribution in [0.5, 0.6) is 0 Å². The highest BCUT2D eigenvalue weighted by Gasteiger charge is 2.48. The van der Waals surface area contributed by atoms with E-state index in [4.69, 9.17) is 4.98 Å². The Labute approximate surface area is 222 Å². The minimum Gasteiger partial charge on any atom is -0.308 e. The second-order valence-electron chi connectivity index (χ2n) is 9.98. The second kappa shape index (κ2) is 8.14. The average Bonchev–Trinajstić information content (AvgIpc) is 3.49. The van der Waals surface area contributed by atoms with Crippen LogP contribution in [-0.4, -0.2) is 17.6 Å². The lowest BCUT2D eigenvalue weighted by atomic mass is 10.1. The van der Waals surface area contributed by atoms with E-state index in [1.165, 1.54) is 42.8 Å². The molecular formula is C35H24N2Si. The average molecular weight is 501 g/mol. The van der Waals surface area contributed by atoms with Crippen molar-refractivity contribution in [1.82, 2.24) is 9.55 Å². The first kappa shape index (κ1) is 21.4. The van der Waals surface area contributed by atoms with E-state index in [0.29, 0.717) is 0 Å². The van der Waals surface area contributed by atoms with Crippen LogP contribution in [0.4, 0.5) is 0 Å². The summed E-state index contributed by atoms with van der Waals surface area (Å²) in [4.78, 5) is 4.90. The van der Waals surface area contributed by atoms with Crippen LogP contribution in [-0.2, 0) is 0 Å². The largest absolute Gasteiger partial charge is 0.308 e. The van der Waals surface area contributed by atoms with Crippen molar-refractivity contribution in [3.05, 3.63) is 146 Å². The van der Waals surface area contributed by atoms with Gasteiger partial charge in [0, 0.05) is 17.3 Å². The molecule has 178 valence electrons. The molecule has 5 aromatic carbocycles. The molecular weight excluding hydrogens is 476 g/mol. The monoisotopic (exact) mass is 500 g/mol. The highest BCUT2D eigenvalue weighted by molar-refractivity contribution is 7.22. The van der Waals surface area contributed by atoms with E-state index in [1.807, 2.05) is 12.3 Å². The van der Waals surface area contributed by atoms with E-state index in [1.54, 1.807) is 0 Å². The van der Waals surface area contributed by atoms with Gasteiger partial charge in [-0.15, -0.1) is 0 Å². The van der Waals surface area contributed by atoms with Gasteiger partial charge in [0.1, 0.15) is 0 Å². The molecule has 38 heavy (non-hydrogen) atoms. The van der Waals surface area contributed by atoms with E-state index in [0.717, 1.165) is 16.7 Å². The Morgan fingerprint density at radius 1 is 0.500 bits per heavy atom. The summed E-state index contributed by atoms with van der Waals surface area (Å²) in [6.45, 7) is 0. The standard InChI is InChI=1S/C35H24N2Si/c1-3-12-25(13-4-1)37-31-22-21-27(24-30(31)35-32(37)18-11-23-36-35)38(26-14-5-2-6-15-26)33-19-9-7-16-28(33)29-17-8-10-20-34(29)38/h1-24H. The minimum atomic E-state index is -2.54. The Morgan fingerprint density at radius 2 is 1.13 bits per heavy atom. The molecule has 3 heteroatoms. The molecule has 0 unspecified atom stereocenters. The van der Waals surface area contributed by atoms with Crippen LogP contribution < -0.4 is 20.7 Å². The number of pyridine rings is 1. The van der Waals surface area contributed by atoms with Crippen molar-refractivity contribution in [1.29, 1.82) is 0 Å². The minimum absolute atomic E-state index is 1.05. The molecule has 1 aliphatic heterocycles. The molecule has 0 aliphatic carbocycles. The number of benzene rings is 5. The smallest absolute Gasteiger partial charge is 0.180 e. The van der Waals surface area contributed by atoms with Gasteiger partial charge in [0.25, 0.3) is 0 Å². The van der Waals surface area contributed by atoms with Crippen molar-refractivity contribution < 1.29 is 0 Å². The molecule has 1 aliphatic rings. The van der Waals surface area contributed by atoms with E-state index >= 15 is 0 Å². The molecule has 3 heterocycles. The number of aromatic nitrogens is 2. The van der Waals surface area contributed by atoms with E-state index in [9.17, 15) is 0 Å². The van der Waals surface area contributed by atoms with Crippen LogP contribution in [0, 0.1) is 0 Å². The summed E-state index contributed by atoms with van der Waals surface area (Å²) >= 11 is 0. The molecule has 0 amide bonds. The van der Waals surface area contributed by atoms with Crippen molar-refractivity contribution in [2.24, 2.45) is 0 Å². The number of rotatable bonds is 3. The van der Waals surface area contributed by atoms with Crippen molar-refractivity contribution in [3.63, 3.8) is 0 Å². The molecule has 0 N–H and O–H groups in total. The number of para-hydroxylation sites is 1. The number of fused-ring (bicyclic) bond motifs is 6. The summed E-state index contributed by atoms with van der Waals surface area (Å²) in [7, 11) is -2.54. The summed E-state index contributed by atoms with van der Waals surface area (Å²) in [5, 5.41) is 6.94. The second-order valence-corrected chi connectivity index (χ2v) is 13.7. The molecule has 0 fully saturated rings. The van der Waals surface area contributed by atoms with Crippen molar-refractivity contribution in [3.8, 4) is 16.8 Å². The maximum absolute atomic E-state index is 4.90. The highest BCUT2D eigenvalue weighted by Crippen LogP contribution is 2.32. The highest BCUT2D eigenvalue weighted by atomic mass is 28.3. The van der Waals surface area contributed by atoms with Crippen molar-refractivity contribution in [2.75, 3.05) is 0 Å². The third-order valence-electron chi connectivity index (χ3n) is 8.13. The normalized spacial score (nSPS) is 13.5. The molecule has 0 spiro atoms. The van der Waals surface area contributed by atoms with Crippen LogP contribution in [0.25, 0.3) is 38.8 Å². The van der Waals surface area contributed by atoms with Gasteiger partial charge in [0.15, 0.2) is 8.07 Å². The third kappa shape index (κ3) is 2.79. The predicted molar refractivity (Wildman–Crippen MR) is 161 cm³/mol. The fraction of sp³-hybridized carbons (Fsp3) is 0. The summed E-state index contributed by atoms with van der Waals surface area (Å²) in [5.74, 6) is 0. The third-order valence-corrected chi connectivity index (χ3v) is 13.0. The van der Waals surface area contributed by atoms with Gasteiger partial charge in [-0.25, -0.2) is 0 Å². The maximum atomic E-state index is 4.90. The molecule has 2 nitrogen and oxygen atoms in total. The first-order valence-electron chi connectivity index (χ1n) is 13.1. The fourth-order valence-electron chi connectivity index (χ4n) is 6.64. The van der Waals surface area contributed by atoms with E-state index in [2.05, 4.69) is 138 Å². The molecule has 2 aromatic heterocycles. The van der Waals surface area contributed by atoms with E-state index < -0.39 is 8.07 Å². The van der Waals surface area contributed by atoms with Crippen LogP contribution in [0.1, 0.15) is 0 Å². The lowest BCUT2D eigenvalue weighted by Gasteiger charge is -2.31. The lowest BCUT2D eigenvalue weighted by Crippen LogP contribution is -2.72. The quantitative estimate of drug-likeness (QED) is 0.292. The Morgan fingerprint density at radius 3 is 1.84 bits per heavy atom. The van der Waals surface area contributed by atoms with E-state index in [-0.39, 0.29) is 0 Å². The molecule has 7 aromatic rings. The number of hydrogen-bond donors (Lipinski definition) is 0. The van der Waals surface area contributed by atoms with Gasteiger partial charge in [-0.05, 0) is 62.2 Å². The Balaban J connectivity index is 1.51. The number of nitrogens with zero attached hydrogens (tertiary/aromatic N) is 2. The van der Waals surface area contributed by atoms with Gasteiger partial charge in [-0.1, -0.05) is 109 Å². The van der Waals surface area contributed by atoms with Gasteiger partial charge in [0.05, 0.1) is 16.6 Å². The van der Waals surface area contributed by atoms with Crippen LogP contribution >= 0.6 is 0 Å². The Bertz CT molecular complexity index is 1930. The summed E-state index contributed by atoms with van der Waals surface area (Å²) in [6.07, 6.45) is 1.91. The first-order chi connectivity index (χ1) is 18.9. The van der Waals surface area contributed by atoms with Gasteiger partial charge in [-0.2, -0.15) is 0 Å². The van der Waals surface area contributed by atoms with Crippen LogP contribution in [0.3, 0.4) is 0 Å². The zero-order valence-corrected chi connectivity index (χ0v) is 21.8. The zero-order valence-electron chi connectivity index (χ0n) is 20.8. The van der Waals surface area contributed by atoms with Gasteiger partial charge in [0.2, 0.25) is 0 Å². The summed E-state index contributed by atoms with van der Waals surface area (Å²) < 4.78 is 2.34. The Kier molecular flexibility index (Phi) is 4.57. The Hall–Kier alpha value is -4.73. The van der Waals surface area contributed by atoms with Gasteiger partial charge in [-0.3, -0.25) is 4.98 Å². The fourth-order valence-corrected chi connectivity index (χ4v) is 11.8. The van der Waals surface area contributed by atoms with Crippen molar-refractivity contribution >= 4 is 50.8 Å². The SMILES string of the molecule is c1ccc(-n2c3ccc([Si]4(c5ccccc5)c5ccccc5-c5ccccc54)cc3c3ncccc32)cc1. The van der Waals surface area contributed by atoms with Gasteiger partial charge < -0.3 is 4.57 Å². The molecule has 0 radical (unpaired) electrons. The molecule has 0 atom stereocenters. The van der Waals surface area contributed by atoms with Gasteiger partial charge >= 0.3 is 0 Å². The molecule has 0 saturated heterocycles.